The van der Waals surface area contributed by atoms with Gasteiger partial charge in [-0.25, -0.2) is 4.68 Å². The topological polar surface area (TPSA) is 67.2 Å². The zero-order valence-corrected chi connectivity index (χ0v) is 12.9. The first-order valence-electron chi connectivity index (χ1n) is 6.65. The maximum absolute atomic E-state index is 12.1. The molecule has 0 saturated heterocycles. The van der Waals surface area contributed by atoms with Crippen molar-refractivity contribution in [1.82, 2.24) is 9.78 Å². The van der Waals surface area contributed by atoms with Crippen LogP contribution in [0.1, 0.15) is 26.7 Å². The summed E-state index contributed by atoms with van der Waals surface area (Å²) in [5.41, 5.74) is 0.624. The number of halogens is 1. The van der Waals surface area contributed by atoms with Crippen molar-refractivity contribution in [3.8, 4) is 0 Å². The summed E-state index contributed by atoms with van der Waals surface area (Å²) in [5.74, 6) is 0.868. The first kappa shape index (κ1) is 14.5. The second kappa shape index (κ2) is 6.05. The molecule has 6 heteroatoms. The molecule has 1 heterocycles. The number of hydrogen-bond donors (Lipinski definition) is 2. The van der Waals surface area contributed by atoms with E-state index < -0.39 is 0 Å². The van der Waals surface area contributed by atoms with Crippen LogP contribution >= 0.6 is 15.9 Å². The van der Waals surface area contributed by atoms with Crippen molar-refractivity contribution in [2.24, 2.45) is 11.8 Å². The lowest BCUT2D eigenvalue weighted by Gasteiger charge is -2.31. The van der Waals surface area contributed by atoms with Gasteiger partial charge >= 0.3 is 0 Å². The van der Waals surface area contributed by atoms with E-state index in [1.807, 2.05) is 0 Å². The first-order chi connectivity index (χ1) is 8.97. The molecule has 106 valence electrons. The van der Waals surface area contributed by atoms with Crippen molar-refractivity contribution in [3.63, 3.8) is 0 Å². The molecule has 0 aliphatic heterocycles. The second-order valence-corrected chi connectivity index (χ2v) is 6.42. The Morgan fingerprint density at radius 2 is 2.26 bits per heavy atom. The van der Waals surface area contributed by atoms with Gasteiger partial charge < -0.3 is 10.4 Å². The summed E-state index contributed by atoms with van der Waals surface area (Å²) in [6, 6.07) is 0. The molecule has 0 bridgehead atoms. The Bertz CT molecular complexity index is 495. The van der Waals surface area contributed by atoms with Gasteiger partial charge in [-0.2, -0.15) is 5.10 Å². The standard InChI is InChI=1S/C13H20BrN3O2/c1-8(2)7-17-13(19)12(14)11(6-16-17)15-5-9-3-10(18)4-9/h6,8-10,15,18H,3-5,7H2,1-2H3. The predicted octanol–water partition coefficient (Wildman–Crippen LogP) is 1.84. The van der Waals surface area contributed by atoms with E-state index in [2.05, 4.69) is 40.2 Å². The van der Waals surface area contributed by atoms with Gasteiger partial charge in [-0.15, -0.1) is 0 Å². The van der Waals surface area contributed by atoms with Crippen LogP contribution in [0, 0.1) is 11.8 Å². The van der Waals surface area contributed by atoms with Crippen LogP contribution in [0.25, 0.3) is 0 Å². The number of anilines is 1. The minimum absolute atomic E-state index is 0.104. The average molecular weight is 330 g/mol. The number of rotatable bonds is 5. The largest absolute Gasteiger partial charge is 0.393 e. The lowest BCUT2D eigenvalue weighted by Crippen LogP contribution is -2.34. The molecule has 1 aliphatic carbocycles. The van der Waals surface area contributed by atoms with E-state index in [0.717, 1.165) is 25.1 Å². The first-order valence-corrected chi connectivity index (χ1v) is 7.44. The van der Waals surface area contributed by atoms with Gasteiger partial charge in [-0.1, -0.05) is 13.8 Å². The molecule has 0 amide bonds. The molecule has 0 atom stereocenters. The van der Waals surface area contributed by atoms with Crippen LogP contribution in [-0.2, 0) is 6.54 Å². The molecule has 0 unspecified atom stereocenters. The van der Waals surface area contributed by atoms with E-state index in [1.165, 1.54) is 4.68 Å². The monoisotopic (exact) mass is 329 g/mol. The Balaban J connectivity index is 2.01. The number of aliphatic hydroxyl groups is 1. The number of aromatic nitrogens is 2. The minimum Gasteiger partial charge on any atom is -0.393 e. The number of nitrogens with zero attached hydrogens (tertiary/aromatic N) is 2. The van der Waals surface area contributed by atoms with Crippen LogP contribution in [-0.4, -0.2) is 27.5 Å². The maximum atomic E-state index is 12.1. The molecule has 5 nitrogen and oxygen atoms in total. The molecule has 1 aromatic rings. The normalized spacial score (nSPS) is 22.4. The summed E-state index contributed by atoms with van der Waals surface area (Å²) in [6.07, 6.45) is 3.21. The Hall–Kier alpha value is -0.880. The van der Waals surface area contributed by atoms with E-state index >= 15 is 0 Å². The summed E-state index contributed by atoms with van der Waals surface area (Å²) in [6.45, 7) is 5.49. The molecule has 1 aromatic heterocycles. The summed E-state index contributed by atoms with van der Waals surface area (Å²) >= 11 is 3.34. The fourth-order valence-corrected chi connectivity index (χ4v) is 2.63. The Kier molecular flexibility index (Phi) is 4.62. The molecular weight excluding hydrogens is 310 g/mol. The smallest absolute Gasteiger partial charge is 0.283 e. The van der Waals surface area contributed by atoms with E-state index in [1.54, 1.807) is 6.20 Å². The van der Waals surface area contributed by atoms with Crippen molar-refractivity contribution >= 4 is 21.6 Å². The highest BCUT2D eigenvalue weighted by molar-refractivity contribution is 9.10. The van der Waals surface area contributed by atoms with Gasteiger partial charge in [0.2, 0.25) is 0 Å². The molecule has 19 heavy (non-hydrogen) atoms. The molecule has 0 aromatic carbocycles. The molecule has 1 fully saturated rings. The Morgan fingerprint density at radius 1 is 1.58 bits per heavy atom. The van der Waals surface area contributed by atoms with Gasteiger partial charge in [0.25, 0.3) is 5.56 Å². The molecule has 2 N–H and O–H groups in total. The molecule has 0 spiro atoms. The van der Waals surface area contributed by atoms with E-state index in [4.69, 9.17) is 0 Å². The quantitative estimate of drug-likeness (QED) is 0.865. The summed E-state index contributed by atoms with van der Waals surface area (Å²) in [7, 11) is 0. The molecule has 1 saturated carbocycles. The second-order valence-electron chi connectivity index (χ2n) is 5.63. The van der Waals surface area contributed by atoms with Gasteiger partial charge in [0.1, 0.15) is 4.47 Å². The lowest BCUT2D eigenvalue weighted by atomic mass is 9.82. The van der Waals surface area contributed by atoms with Crippen LogP contribution in [0.15, 0.2) is 15.5 Å². The van der Waals surface area contributed by atoms with Crippen LogP contribution in [0.2, 0.25) is 0 Å². The number of aliphatic hydroxyl groups excluding tert-OH is 1. The lowest BCUT2D eigenvalue weighted by molar-refractivity contribution is 0.0487. The van der Waals surface area contributed by atoms with Gasteiger partial charge in [0.15, 0.2) is 0 Å². The fraction of sp³-hybridized carbons (Fsp3) is 0.692. The molecule has 0 radical (unpaired) electrons. The zero-order valence-electron chi connectivity index (χ0n) is 11.3. The van der Waals surface area contributed by atoms with Crippen molar-refractivity contribution in [3.05, 3.63) is 21.0 Å². The highest BCUT2D eigenvalue weighted by atomic mass is 79.9. The highest BCUT2D eigenvalue weighted by Gasteiger charge is 2.26. The Morgan fingerprint density at radius 3 is 2.84 bits per heavy atom. The summed E-state index contributed by atoms with van der Waals surface area (Å²) in [4.78, 5) is 12.1. The van der Waals surface area contributed by atoms with Gasteiger partial charge in [-0.3, -0.25) is 4.79 Å². The van der Waals surface area contributed by atoms with Crippen molar-refractivity contribution < 1.29 is 5.11 Å². The molecule has 2 rings (SSSR count). The van der Waals surface area contributed by atoms with Gasteiger partial charge in [0.05, 0.1) is 18.0 Å². The number of nitrogens with one attached hydrogen (secondary N) is 1. The van der Waals surface area contributed by atoms with Crippen LogP contribution < -0.4 is 10.9 Å². The minimum atomic E-state index is -0.146. The van der Waals surface area contributed by atoms with Crippen molar-refractivity contribution in [2.75, 3.05) is 11.9 Å². The summed E-state index contributed by atoms with van der Waals surface area (Å²) < 4.78 is 2.01. The highest BCUT2D eigenvalue weighted by Crippen LogP contribution is 2.28. The van der Waals surface area contributed by atoms with Crippen LogP contribution in [0.5, 0.6) is 0 Å². The maximum Gasteiger partial charge on any atom is 0.283 e. The predicted molar refractivity (Wildman–Crippen MR) is 78.3 cm³/mol. The molecular formula is C13H20BrN3O2. The van der Waals surface area contributed by atoms with Gasteiger partial charge in [-0.05, 0) is 40.6 Å². The summed E-state index contributed by atoms with van der Waals surface area (Å²) in [5, 5.41) is 16.6. The van der Waals surface area contributed by atoms with E-state index in [-0.39, 0.29) is 11.7 Å². The van der Waals surface area contributed by atoms with Crippen LogP contribution in [0.3, 0.4) is 0 Å². The van der Waals surface area contributed by atoms with Gasteiger partial charge in [0, 0.05) is 13.1 Å². The third kappa shape index (κ3) is 3.57. The molecule has 1 aliphatic rings. The average Bonchev–Trinajstić information content (AvgIpc) is 2.31. The van der Waals surface area contributed by atoms with Crippen molar-refractivity contribution in [2.45, 2.75) is 39.3 Å². The number of hydrogen-bond acceptors (Lipinski definition) is 4. The SMILES string of the molecule is CC(C)Cn1ncc(NCC2CC(O)C2)c(Br)c1=O. The van der Waals surface area contributed by atoms with Crippen LogP contribution in [0.4, 0.5) is 5.69 Å². The third-order valence-corrected chi connectivity index (χ3v) is 4.08. The zero-order chi connectivity index (χ0) is 14.0. The van der Waals surface area contributed by atoms with E-state index in [0.29, 0.717) is 22.9 Å². The van der Waals surface area contributed by atoms with E-state index in [9.17, 15) is 9.90 Å². The van der Waals surface area contributed by atoms with Crippen molar-refractivity contribution in [1.29, 1.82) is 0 Å². The fourth-order valence-electron chi connectivity index (χ4n) is 2.19. The third-order valence-electron chi connectivity index (χ3n) is 3.31. The Labute approximate surface area is 121 Å².